The molecular formula is C16H24FNO3. The van der Waals surface area contributed by atoms with Crippen LogP contribution < -0.4 is 10.1 Å². The molecule has 0 bridgehead atoms. The third-order valence-electron chi connectivity index (χ3n) is 3.40. The molecular weight excluding hydrogens is 273 g/mol. The Morgan fingerprint density at radius 1 is 1.43 bits per heavy atom. The van der Waals surface area contributed by atoms with Crippen molar-refractivity contribution in [2.45, 2.75) is 39.2 Å². The quantitative estimate of drug-likeness (QED) is 0.750. The number of aryl methyl sites for hydroxylation is 1. The minimum Gasteiger partial charge on any atom is -0.493 e. The van der Waals surface area contributed by atoms with Gasteiger partial charge in [0.05, 0.1) is 13.7 Å². The van der Waals surface area contributed by atoms with Gasteiger partial charge in [0.1, 0.15) is 17.1 Å². The summed E-state index contributed by atoms with van der Waals surface area (Å²) in [5.41, 5.74) is -0.243. The third kappa shape index (κ3) is 5.01. The number of hydrogen-bond donors (Lipinski definition) is 1. The van der Waals surface area contributed by atoms with Crippen LogP contribution in [-0.4, -0.2) is 31.8 Å². The lowest BCUT2D eigenvalue weighted by atomic mass is 9.98. The van der Waals surface area contributed by atoms with Gasteiger partial charge < -0.3 is 14.8 Å². The second-order valence-electron chi connectivity index (χ2n) is 5.26. The molecule has 1 atom stereocenters. The van der Waals surface area contributed by atoms with Crippen molar-refractivity contribution in [1.82, 2.24) is 5.32 Å². The normalized spacial score (nSPS) is 13.6. The van der Waals surface area contributed by atoms with Gasteiger partial charge in [0.25, 0.3) is 0 Å². The van der Waals surface area contributed by atoms with E-state index in [9.17, 15) is 9.18 Å². The number of carbonyl (C=O) groups excluding carboxylic acids is 1. The van der Waals surface area contributed by atoms with Gasteiger partial charge in [-0.15, -0.1) is 0 Å². The predicted octanol–water partition coefficient (Wildman–Crippen LogP) is 2.83. The van der Waals surface area contributed by atoms with E-state index in [0.717, 1.165) is 13.0 Å². The molecule has 0 saturated carbocycles. The topological polar surface area (TPSA) is 47.6 Å². The van der Waals surface area contributed by atoms with Gasteiger partial charge >= 0.3 is 5.97 Å². The van der Waals surface area contributed by atoms with Crippen LogP contribution in [0, 0.1) is 12.7 Å². The lowest BCUT2D eigenvalue weighted by Gasteiger charge is -2.27. The maximum absolute atomic E-state index is 13.2. The van der Waals surface area contributed by atoms with Gasteiger partial charge in [-0.1, -0.05) is 6.92 Å². The number of nitrogens with one attached hydrogen (secondary N) is 1. The van der Waals surface area contributed by atoms with Gasteiger partial charge in [0.2, 0.25) is 0 Å². The highest BCUT2D eigenvalue weighted by atomic mass is 19.1. The average molecular weight is 297 g/mol. The largest absolute Gasteiger partial charge is 0.493 e. The minimum atomic E-state index is -0.778. The Morgan fingerprint density at radius 3 is 2.71 bits per heavy atom. The Labute approximate surface area is 125 Å². The summed E-state index contributed by atoms with van der Waals surface area (Å²) in [4.78, 5) is 11.9. The minimum absolute atomic E-state index is 0.258. The molecule has 0 aliphatic carbocycles. The molecule has 0 heterocycles. The molecule has 1 aromatic rings. The van der Waals surface area contributed by atoms with Gasteiger partial charge in [-0.05, 0) is 50.6 Å². The van der Waals surface area contributed by atoms with Crippen molar-refractivity contribution >= 4 is 5.97 Å². The van der Waals surface area contributed by atoms with Crippen molar-refractivity contribution in [3.8, 4) is 5.75 Å². The molecule has 21 heavy (non-hydrogen) atoms. The van der Waals surface area contributed by atoms with E-state index in [1.807, 2.05) is 6.92 Å². The van der Waals surface area contributed by atoms with E-state index in [2.05, 4.69) is 5.32 Å². The lowest BCUT2D eigenvalue weighted by Crippen LogP contribution is -2.51. The Bertz CT molecular complexity index is 479. The molecule has 0 radical (unpaired) electrons. The number of halogens is 1. The monoisotopic (exact) mass is 297 g/mol. The van der Waals surface area contributed by atoms with Crippen LogP contribution in [0.3, 0.4) is 0 Å². The Balaban J connectivity index is 2.60. The fourth-order valence-electron chi connectivity index (χ4n) is 1.97. The fourth-order valence-corrected chi connectivity index (χ4v) is 1.97. The summed E-state index contributed by atoms with van der Waals surface area (Å²) in [7, 11) is 1.37. The highest BCUT2D eigenvalue weighted by Crippen LogP contribution is 2.18. The Morgan fingerprint density at radius 2 is 2.14 bits per heavy atom. The van der Waals surface area contributed by atoms with E-state index in [4.69, 9.17) is 9.47 Å². The summed E-state index contributed by atoms with van der Waals surface area (Å²) in [5.74, 6) is 0.0257. The molecule has 0 aliphatic heterocycles. The van der Waals surface area contributed by atoms with Crippen LogP contribution >= 0.6 is 0 Å². The van der Waals surface area contributed by atoms with Crippen LogP contribution in [0.4, 0.5) is 4.39 Å². The van der Waals surface area contributed by atoms with E-state index < -0.39 is 5.54 Å². The zero-order valence-corrected chi connectivity index (χ0v) is 13.2. The molecule has 0 amide bonds. The fraction of sp³-hybridized carbons (Fsp3) is 0.562. The molecule has 5 heteroatoms. The summed E-state index contributed by atoms with van der Waals surface area (Å²) < 4.78 is 23.6. The van der Waals surface area contributed by atoms with E-state index in [-0.39, 0.29) is 11.8 Å². The number of hydrogen-bond acceptors (Lipinski definition) is 4. The SMILES string of the molecule is CCCNC(C)(CCOc1ccc(F)c(C)c1)C(=O)OC. The van der Waals surface area contributed by atoms with Gasteiger partial charge in [-0.25, -0.2) is 4.39 Å². The molecule has 1 rings (SSSR count). The smallest absolute Gasteiger partial charge is 0.325 e. The maximum atomic E-state index is 13.2. The van der Waals surface area contributed by atoms with Gasteiger partial charge in [0.15, 0.2) is 0 Å². The van der Waals surface area contributed by atoms with Crippen LogP contribution in [0.5, 0.6) is 5.75 Å². The van der Waals surface area contributed by atoms with Crippen molar-refractivity contribution in [3.05, 3.63) is 29.6 Å². The van der Waals surface area contributed by atoms with Crippen molar-refractivity contribution in [2.24, 2.45) is 0 Å². The van der Waals surface area contributed by atoms with Gasteiger partial charge in [-0.2, -0.15) is 0 Å². The number of ether oxygens (including phenoxy) is 2. The van der Waals surface area contributed by atoms with Crippen LogP contribution in [0.25, 0.3) is 0 Å². The summed E-state index contributed by atoms with van der Waals surface area (Å²) in [6, 6.07) is 4.60. The highest BCUT2D eigenvalue weighted by molar-refractivity contribution is 5.80. The predicted molar refractivity (Wildman–Crippen MR) is 80.0 cm³/mol. The van der Waals surface area contributed by atoms with Gasteiger partial charge in [-0.3, -0.25) is 4.79 Å². The van der Waals surface area contributed by atoms with Crippen LogP contribution in [0.2, 0.25) is 0 Å². The lowest BCUT2D eigenvalue weighted by molar-refractivity contribution is -0.148. The first-order chi connectivity index (χ1) is 9.92. The molecule has 1 unspecified atom stereocenters. The maximum Gasteiger partial charge on any atom is 0.325 e. The molecule has 0 spiro atoms. The first kappa shape index (κ1) is 17.4. The molecule has 1 aromatic carbocycles. The highest BCUT2D eigenvalue weighted by Gasteiger charge is 2.33. The van der Waals surface area contributed by atoms with Crippen molar-refractivity contribution < 1.29 is 18.7 Å². The Hall–Kier alpha value is -1.62. The third-order valence-corrected chi connectivity index (χ3v) is 3.40. The summed E-state index contributed by atoms with van der Waals surface area (Å²) in [5, 5.41) is 3.19. The molecule has 0 aliphatic rings. The molecule has 0 saturated heterocycles. The number of esters is 1. The van der Waals surface area contributed by atoms with Gasteiger partial charge in [0, 0.05) is 6.42 Å². The van der Waals surface area contributed by atoms with Crippen LogP contribution in [-0.2, 0) is 9.53 Å². The summed E-state index contributed by atoms with van der Waals surface area (Å²) >= 11 is 0. The molecule has 0 fully saturated rings. The average Bonchev–Trinajstić information content (AvgIpc) is 2.48. The van der Waals surface area contributed by atoms with E-state index in [1.54, 1.807) is 26.0 Å². The molecule has 4 nitrogen and oxygen atoms in total. The summed E-state index contributed by atoms with van der Waals surface area (Å²) in [6.45, 7) is 6.58. The van der Waals surface area contributed by atoms with E-state index >= 15 is 0 Å². The number of methoxy groups -OCH3 is 1. The van der Waals surface area contributed by atoms with Crippen LogP contribution in [0.15, 0.2) is 18.2 Å². The van der Waals surface area contributed by atoms with Crippen molar-refractivity contribution in [2.75, 3.05) is 20.3 Å². The zero-order chi connectivity index (χ0) is 15.9. The number of benzene rings is 1. The van der Waals surface area contributed by atoms with E-state index in [1.165, 1.54) is 13.2 Å². The zero-order valence-electron chi connectivity index (χ0n) is 13.2. The first-order valence-corrected chi connectivity index (χ1v) is 7.15. The second-order valence-corrected chi connectivity index (χ2v) is 5.26. The Kier molecular flexibility index (Phi) is 6.62. The molecule has 118 valence electrons. The molecule has 1 N–H and O–H groups in total. The number of rotatable bonds is 8. The second kappa shape index (κ2) is 7.98. The first-order valence-electron chi connectivity index (χ1n) is 7.15. The molecule has 0 aromatic heterocycles. The standard InChI is InChI=1S/C16H24FNO3/c1-5-9-18-16(3,15(19)20-4)8-10-21-13-6-7-14(17)12(2)11-13/h6-7,11,18H,5,8-10H2,1-4H3. The van der Waals surface area contributed by atoms with Crippen LogP contribution in [0.1, 0.15) is 32.3 Å². The summed E-state index contributed by atoms with van der Waals surface area (Å²) in [6.07, 6.45) is 1.39. The van der Waals surface area contributed by atoms with Crippen molar-refractivity contribution in [1.29, 1.82) is 0 Å². The van der Waals surface area contributed by atoms with E-state index in [0.29, 0.717) is 24.3 Å². The van der Waals surface area contributed by atoms with Crippen molar-refractivity contribution in [3.63, 3.8) is 0 Å². The number of carbonyl (C=O) groups is 1.